The Bertz CT molecular complexity index is 534. The van der Waals surface area contributed by atoms with Gasteiger partial charge in [0.25, 0.3) is 0 Å². The number of halogens is 1. The maximum Gasteiger partial charge on any atom is 0.166 e. The van der Waals surface area contributed by atoms with Gasteiger partial charge in [-0.3, -0.25) is 4.98 Å². The lowest BCUT2D eigenvalue weighted by Crippen LogP contribution is -1.90. The Hall–Kier alpha value is -2.16. The van der Waals surface area contributed by atoms with Gasteiger partial charge in [-0.05, 0) is 36.8 Å². The van der Waals surface area contributed by atoms with Crippen LogP contribution in [0.15, 0.2) is 43.1 Å². The van der Waals surface area contributed by atoms with Crippen LogP contribution in [-0.2, 0) is 0 Å². The van der Waals surface area contributed by atoms with E-state index in [4.69, 9.17) is 4.74 Å². The molecule has 0 saturated carbocycles. The second-order valence-electron chi connectivity index (χ2n) is 3.63. The van der Waals surface area contributed by atoms with Crippen molar-refractivity contribution in [1.82, 2.24) is 4.98 Å². The van der Waals surface area contributed by atoms with Gasteiger partial charge in [0.2, 0.25) is 0 Å². The summed E-state index contributed by atoms with van der Waals surface area (Å²) in [7, 11) is 0. The Labute approximate surface area is 99.4 Å². The van der Waals surface area contributed by atoms with E-state index in [2.05, 4.69) is 11.6 Å². The van der Waals surface area contributed by atoms with Crippen LogP contribution in [0, 0.1) is 12.7 Å². The number of pyridine rings is 1. The first-order valence-electron chi connectivity index (χ1n) is 5.21. The second-order valence-corrected chi connectivity index (χ2v) is 3.63. The Morgan fingerprint density at radius 3 is 2.71 bits per heavy atom. The van der Waals surface area contributed by atoms with Crippen molar-refractivity contribution in [1.29, 1.82) is 0 Å². The molecule has 0 radical (unpaired) electrons. The summed E-state index contributed by atoms with van der Waals surface area (Å²) in [5.41, 5.74) is 1.61. The van der Waals surface area contributed by atoms with Crippen molar-refractivity contribution in [2.24, 2.45) is 0 Å². The molecule has 0 unspecified atom stereocenters. The van der Waals surface area contributed by atoms with E-state index in [1.807, 2.05) is 13.0 Å². The molecule has 0 fully saturated rings. The fourth-order valence-electron chi connectivity index (χ4n) is 1.37. The fourth-order valence-corrected chi connectivity index (χ4v) is 1.37. The standard InChI is InChI=1S/C14H12FNO/c1-3-11-5-7-14(13(15)8-11)17-12-6-4-10(2)16-9-12/h3-9H,1H2,2H3. The molecule has 1 aromatic carbocycles. The normalized spacial score (nSPS) is 10.0. The molecule has 0 N–H and O–H groups in total. The monoisotopic (exact) mass is 229 g/mol. The van der Waals surface area contributed by atoms with Gasteiger partial charge in [0.15, 0.2) is 11.6 Å². The predicted octanol–water partition coefficient (Wildman–Crippen LogP) is 3.96. The predicted molar refractivity (Wildman–Crippen MR) is 65.5 cm³/mol. The van der Waals surface area contributed by atoms with Crippen molar-refractivity contribution in [3.63, 3.8) is 0 Å². The molecule has 0 aliphatic carbocycles. The molecule has 86 valence electrons. The van der Waals surface area contributed by atoms with Gasteiger partial charge in [0, 0.05) is 5.69 Å². The summed E-state index contributed by atoms with van der Waals surface area (Å²) in [6.07, 6.45) is 3.15. The topological polar surface area (TPSA) is 22.1 Å². The van der Waals surface area contributed by atoms with E-state index in [0.29, 0.717) is 5.75 Å². The maximum atomic E-state index is 13.6. The zero-order valence-corrected chi connectivity index (χ0v) is 9.48. The molecule has 0 saturated heterocycles. The smallest absolute Gasteiger partial charge is 0.166 e. The lowest BCUT2D eigenvalue weighted by Gasteiger charge is -2.07. The average molecular weight is 229 g/mol. The molecule has 0 aliphatic heterocycles. The highest BCUT2D eigenvalue weighted by molar-refractivity contribution is 5.49. The van der Waals surface area contributed by atoms with Crippen LogP contribution in [0.25, 0.3) is 6.08 Å². The highest BCUT2D eigenvalue weighted by Gasteiger charge is 2.05. The number of benzene rings is 1. The number of rotatable bonds is 3. The van der Waals surface area contributed by atoms with Crippen molar-refractivity contribution in [2.45, 2.75) is 6.92 Å². The van der Waals surface area contributed by atoms with Crippen molar-refractivity contribution in [3.8, 4) is 11.5 Å². The van der Waals surface area contributed by atoms with Crippen molar-refractivity contribution < 1.29 is 9.13 Å². The van der Waals surface area contributed by atoms with Crippen LogP contribution < -0.4 is 4.74 Å². The van der Waals surface area contributed by atoms with Crippen LogP contribution in [0.1, 0.15) is 11.3 Å². The van der Waals surface area contributed by atoms with Crippen LogP contribution >= 0.6 is 0 Å². The third-order valence-electron chi connectivity index (χ3n) is 2.30. The summed E-state index contributed by atoms with van der Waals surface area (Å²) in [5, 5.41) is 0. The first-order chi connectivity index (χ1) is 8.19. The van der Waals surface area contributed by atoms with Crippen molar-refractivity contribution >= 4 is 6.08 Å². The number of ether oxygens (including phenoxy) is 1. The second kappa shape index (κ2) is 4.78. The van der Waals surface area contributed by atoms with Gasteiger partial charge < -0.3 is 4.74 Å². The summed E-state index contributed by atoms with van der Waals surface area (Å²) in [6, 6.07) is 8.26. The molecule has 17 heavy (non-hydrogen) atoms. The minimum Gasteiger partial charge on any atom is -0.453 e. The Balaban J connectivity index is 2.24. The third kappa shape index (κ3) is 2.69. The van der Waals surface area contributed by atoms with Crippen molar-refractivity contribution in [3.05, 3.63) is 60.2 Å². The summed E-state index contributed by atoms with van der Waals surface area (Å²) in [5.74, 6) is 0.282. The van der Waals surface area contributed by atoms with E-state index in [1.165, 1.54) is 6.07 Å². The highest BCUT2D eigenvalue weighted by atomic mass is 19.1. The molecule has 2 nitrogen and oxygen atoms in total. The van der Waals surface area contributed by atoms with Gasteiger partial charge in [-0.2, -0.15) is 0 Å². The van der Waals surface area contributed by atoms with E-state index in [-0.39, 0.29) is 5.75 Å². The molecule has 0 bridgehead atoms. The Morgan fingerprint density at radius 2 is 2.12 bits per heavy atom. The lowest BCUT2D eigenvalue weighted by molar-refractivity contribution is 0.440. The van der Waals surface area contributed by atoms with Crippen LogP contribution in [0.2, 0.25) is 0 Å². The maximum absolute atomic E-state index is 13.6. The quantitative estimate of drug-likeness (QED) is 0.794. The SMILES string of the molecule is C=Cc1ccc(Oc2ccc(C)nc2)c(F)c1. The molecule has 2 rings (SSSR count). The highest BCUT2D eigenvalue weighted by Crippen LogP contribution is 2.24. The van der Waals surface area contributed by atoms with Gasteiger partial charge in [0.1, 0.15) is 5.75 Å². The number of nitrogens with zero attached hydrogens (tertiary/aromatic N) is 1. The number of hydrogen-bond donors (Lipinski definition) is 0. The zero-order chi connectivity index (χ0) is 12.3. The summed E-state index contributed by atoms with van der Waals surface area (Å²) >= 11 is 0. The van der Waals surface area contributed by atoms with Gasteiger partial charge >= 0.3 is 0 Å². The summed E-state index contributed by atoms with van der Waals surface area (Å²) < 4.78 is 19.0. The van der Waals surface area contributed by atoms with E-state index in [9.17, 15) is 4.39 Å². The minimum atomic E-state index is -0.414. The lowest BCUT2D eigenvalue weighted by atomic mass is 10.2. The van der Waals surface area contributed by atoms with E-state index in [1.54, 1.807) is 30.5 Å². The summed E-state index contributed by atoms with van der Waals surface area (Å²) in [4.78, 5) is 4.08. The average Bonchev–Trinajstić information content (AvgIpc) is 2.34. The van der Waals surface area contributed by atoms with Crippen LogP contribution in [0.3, 0.4) is 0 Å². The van der Waals surface area contributed by atoms with E-state index >= 15 is 0 Å². The van der Waals surface area contributed by atoms with Crippen molar-refractivity contribution in [2.75, 3.05) is 0 Å². The molecule has 1 heterocycles. The summed E-state index contributed by atoms with van der Waals surface area (Å²) in [6.45, 7) is 5.46. The number of aromatic nitrogens is 1. The Morgan fingerprint density at radius 1 is 1.29 bits per heavy atom. The van der Waals surface area contributed by atoms with Crippen LogP contribution in [0.4, 0.5) is 4.39 Å². The van der Waals surface area contributed by atoms with Crippen LogP contribution in [0.5, 0.6) is 11.5 Å². The molecule has 0 spiro atoms. The number of hydrogen-bond acceptors (Lipinski definition) is 2. The van der Waals surface area contributed by atoms with E-state index < -0.39 is 5.82 Å². The van der Waals surface area contributed by atoms with Gasteiger partial charge in [-0.25, -0.2) is 4.39 Å². The van der Waals surface area contributed by atoms with Gasteiger partial charge in [-0.1, -0.05) is 18.7 Å². The molecule has 0 atom stereocenters. The van der Waals surface area contributed by atoms with Gasteiger partial charge in [0.05, 0.1) is 6.20 Å². The van der Waals surface area contributed by atoms with E-state index in [0.717, 1.165) is 11.3 Å². The fraction of sp³-hybridized carbons (Fsp3) is 0.0714. The first-order valence-corrected chi connectivity index (χ1v) is 5.21. The molecule has 0 amide bonds. The Kier molecular flexibility index (Phi) is 3.19. The number of aryl methyl sites for hydroxylation is 1. The molecule has 3 heteroatoms. The van der Waals surface area contributed by atoms with Gasteiger partial charge in [-0.15, -0.1) is 0 Å². The molecule has 2 aromatic rings. The third-order valence-corrected chi connectivity index (χ3v) is 2.30. The molecular formula is C14H12FNO. The molecule has 0 aliphatic rings. The molecule has 1 aromatic heterocycles. The zero-order valence-electron chi connectivity index (χ0n) is 9.48. The first kappa shape index (κ1) is 11.3. The van der Waals surface area contributed by atoms with Crippen LogP contribution in [-0.4, -0.2) is 4.98 Å². The minimum absolute atomic E-state index is 0.182. The molecular weight excluding hydrogens is 217 g/mol. The largest absolute Gasteiger partial charge is 0.453 e.